The van der Waals surface area contributed by atoms with E-state index in [1.165, 1.54) is 12.1 Å². The van der Waals surface area contributed by atoms with Crippen LogP contribution in [0.15, 0.2) is 42.6 Å². The van der Waals surface area contributed by atoms with E-state index in [0.717, 1.165) is 5.56 Å². The molecule has 27 heavy (non-hydrogen) atoms. The molecule has 0 bridgehead atoms. The van der Waals surface area contributed by atoms with E-state index in [-0.39, 0.29) is 11.5 Å². The van der Waals surface area contributed by atoms with E-state index < -0.39 is 5.97 Å². The molecule has 0 saturated carbocycles. The van der Waals surface area contributed by atoms with E-state index >= 15 is 0 Å². The third-order valence-corrected chi connectivity index (χ3v) is 4.19. The number of carbonyl (C=O) groups is 2. The molecule has 2 N–H and O–H groups in total. The molecule has 1 amide bonds. The Hall–Kier alpha value is -3.35. The fraction of sp³-hybridized carbons (Fsp3) is 0.250. The van der Waals surface area contributed by atoms with Crippen molar-refractivity contribution in [1.82, 2.24) is 14.7 Å². The maximum Gasteiger partial charge on any atom is 0.335 e. The Bertz CT molecular complexity index is 977. The molecule has 0 spiro atoms. The van der Waals surface area contributed by atoms with Crippen molar-refractivity contribution in [2.75, 3.05) is 6.61 Å². The molecule has 0 radical (unpaired) electrons. The number of hydrogen-bond acceptors (Lipinski definition) is 4. The lowest BCUT2D eigenvalue weighted by Crippen LogP contribution is -2.25. The molecular weight excluding hydrogens is 346 g/mol. The maximum absolute atomic E-state index is 12.8. The largest absolute Gasteiger partial charge is 0.490 e. The van der Waals surface area contributed by atoms with Gasteiger partial charge in [0.25, 0.3) is 5.91 Å². The molecule has 0 unspecified atom stereocenters. The highest BCUT2D eigenvalue weighted by Gasteiger charge is 2.20. The highest BCUT2D eigenvalue weighted by molar-refractivity contribution is 5.95. The minimum absolute atomic E-state index is 0.212. The zero-order valence-electron chi connectivity index (χ0n) is 15.2. The highest BCUT2D eigenvalue weighted by atomic mass is 16.5. The van der Waals surface area contributed by atoms with Gasteiger partial charge >= 0.3 is 5.97 Å². The molecule has 1 aromatic carbocycles. The Morgan fingerprint density at radius 1 is 1.19 bits per heavy atom. The summed E-state index contributed by atoms with van der Waals surface area (Å²) in [7, 11) is 0. The summed E-state index contributed by atoms with van der Waals surface area (Å²) in [5.41, 5.74) is 2.82. The van der Waals surface area contributed by atoms with E-state index in [0.29, 0.717) is 42.4 Å². The van der Waals surface area contributed by atoms with Crippen molar-refractivity contribution in [3.8, 4) is 5.75 Å². The summed E-state index contributed by atoms with van der Waals surface area (Å²) in [6.45, 7) is 4.65. The van der Waals surface area contributed by atoms with Crippen LogP contribution in [0.25, 0.3) is 5.65 Å². The predicted octanol–water partition coefficient (Wildman–Crippen LogP) is 2.92. The van der Waals surface area contributed by atoms with E-state index in [2.05, 4.69) is 10.3 Å². The van der Waals surface area contributed by atoms with Crippen molar-refractivity contribution in [3.05, 3.63) is 65.1 Å². The number of hydrogen-bond donors (Lipinski definition) is 2. The number of nitrogens with zero attached hydrogens (tertiary/aromatic N) is 2. The first-order chi connectivity index (χ1) is 13.0. The minimum atomic E-state index is -0.978. The molecule has 0 fully saturated rings. The average Bonchev–Trinajstić information content (AvgIpc) is 3.06. The predicted molar refractivity (Wildman–Crippen MR) is 100 cm³/mol. The fourth-order valence-corrected chi connectivity index (χ4v) is 2.88. The van der Waals surface area contributed by atoms with Crippen LogP contribution in [0.3, 0.4) is 0 Å². The number of aromatic carboxylic acids is 1. The summed E-state index contributed by atoms with van der Waals surface area (Å²) in [5, 5.41) is 11.8. The molecule has 0 atom stereocenters. The van der Waals surface area contributed by atoms with Gasteiger partial charge < -0.3 is 15.2 Å². The van der Waals surface area contributed by atoms with Crippen LogP contribution in [0, 0.1) is 0 Å². The normalized spacial score (nSPS) is 10.7. The Morgan fingerprint density at radius 2 is 1.93 bits per heavy atom. The van der Waals surface area contributed by atoms with Gasteiger partial charge in [-0.2, -0.15) is 0 Å². The number of fused-ring (bicyclic) bond motifs is 1. The third kappa shape index (κ3) is 3.76. The van der Waals surface area contributed by atoms with Gasteiger partial charge in [-0.1, -0.05) is 19.1 Å². The SMILES string of the molecule is CCOc1cccn2c(C(=O)NCc3ccc(C(=O)O)cc3)c(CC)nc12. The molecule has 0 aliphatic rings. The summed E-state index contributed by atoms with van der Waals surface area (Å²) in [5.74, 6) is -0.581. The zero-order valence-corrected chi connectivity index (χ0v) is 15.2. The Kier molecular flexibility index (Phi) is 5.40. The van der Waals surface area contributed by atoms with Gasteiger partial charge in [-0.3, -0.25) is 9.20 Å². The Morgan fingerprint density at radius 3 is 2.56 bits per heavy atom. The monoisotopic (exact) mass is 367 g/mol. The van der Waals surface area contributed by atoms with Crippen LogP contribution in [0.4, 0.5) is 0 Å². The van der Waals surface area contributed by atoms with Crippen molar-refractivity contribution < 1.29 is 19.4 Å². The van der Waals surface area contributed by atoms with Crippen LogP contribution >= 0.6 is 0 Å². The first kappa shape index (κ1) is 18.4. The van der Waals surface area contributed by atoms with Crippen LogP contribution < -0.4 is 10.1 Å². The smallest absolute Gasteiger partial charge is 0.335 e. The first-order valence-corrected chi connectivity index (χ1v) is 8.78. The Balaban J connectivity index is 1.84. The number of carboxylic acids is 1. The summed E-state index contributed by atoms with van der Waals surface area (Å²) in [6, 6.07) is 10.1. The lowest BCUT2D eigenvalue weighted by Gasteiger charge is -2.08. The van der Waals surface area contributed by atoms with Crippen LogP contribution in [-0.2, 0) is 13.0 Å². The highest BCUT2D eigenvalue weighted by Crippen LogP contribution is 2.22. The number of pyridine rings is 1. The Labute approximate surface area is 156 Å². The molecular formula is C20H21N3O4. The fourth-order valence-electron chi connectivity index (χ4n) is 2.88. The number of benzene rings is 1. The average molecular weight is 367 g/mol. The number of imidazole rings is 1. The van der Waals surface area contributed by atoms with Crippen LogP contribution in [-0.4, -0.2) is 33.0 Å². The number of aryl methyl sites for hydroxylation is 1. The van der Waals surface area contributed by atoms with Crippen molar-refractivity contribution in [2.24, 2.45) is 0 Å². The van der Waals surface area contributed by atoms with Crippen molar-refractivity contribution in [2.45, 2.75) is 26.8 Å². The standard InChI is InChI=1S/C20H21N3O4/c1-3-15-17(23-11-5-6-16(27-4-2)18(23)22-15)19(24)21-12-13-7-9-14(10-8-13)20(25)26/h5-11H,3-4,12H2,1-2H3,(H,21,24)(H,25,26). The molecule has 0 aliphatic heterocycles. The van der Waals surface area contributed by atoms with Crippen LogP contribution in [0.1, 0.15) is 46.0 Å². The van der Waals surface area contributed by atoms with Gasteiger partial charge in [0.05, 0.1) is 17.9 Å². The second-order valence-electron chi connectivity index (χ2n) is 5.94. The maximum atomic E-state index is 12.8. The van der Waals surface area contributed by atoms with Crippen LogP contribution in [0.2, 0.25) is 0 Å². The number of aromatic nitrogens is 2. The van der Waals surface area contributed by atoms with Gasteiger partial charge in [-0.25, -0.2) is 9.78 Å². The molecule has 7 nitrogen and oxygen atoms in total. The third-order valence-electron chi connectivity index (χ3n) is 4.19. The second kappa shape index (κ2) is 7.90. The van der Waals surface area contributed by atoms with Crippen molar-refractivity contribution in [1.29, 1.82) is 0 Å². The number of nitrogens with one attached hydrogen (secondary N) is 1. The molecule has 3 rings (SSSR count). The van der Waals surface area contributed by atoms with Crippen molar-refractivity contribution in [3.63, 3.8) is 0 Å². The number of rotatable bonds is 7. The first-order valence-electron chi connectivity index (χ1n) is 8.78. The molecule has 7 heteroatoms. The summed E-state index contributed by atoms with van der Waals surface area (Å²) >= 11 is 0. The number of amides is 1. The molecule has 0 saturated heterocycles. The number of carbonyl (C=O) groups excluding carboxylic acids is 1. The quantitative estimate of drug-likeness (QED) is 0.670. The summed E-state index contributed by atoms with van der Waals surface area (Å²) in [4.78, 5) is 28.3. The van der Waals surface area contributed by atoms with Gasteiger partial charge in [0.1, 0.15) is 5.69 Å². The molecule has 140 valence electrons. The lowest BCUT2D eigenvalue weighted by molar-refractivity contribution is 0.0696. The number of carboxylic acid groups (broad SMARTS) is 1. The van der Waals surface area contributed by atoms with Gasteiger partial charge in [0.2, 0.25) is 0 Å². The molecule has 3 aromatic rings. The van der Waals surface area contributed by atoms with Gasteiger partial charge in [-0.15, -0.1) is 0 Å². The lowest BCUT2D eigenvalue weighted by atomic mass is 10.1. The topological polar surface area (TPSA) is 92.9 Å². The molecule has 2 aromatic heterocycles. The summed E-state index contributed by atoms with van der Waals surface area (Å²) < 4.78 is 7.35. The van der Waals surface area contributed by atoms with Gasteiger partial charge in [0, 0.05) is 12.7 Å². The van der Waals surface area contributed by atoms with Gasteiger partial charge in [0.15, 0.2) is 11.4 Å². The molecule has 0 aliphatic carbocycles. The van der Waals surface area contributed by atoms with E-state index in [1.807, 2.05) is 26.0 Å². The van der Waals surface area contributed by atoms with Crippen LogP contribution in [0.5, 0.6) is 5.75 Å². The van der Waals surface area contributed by atoms with Gasteiger partial charge in [-0.05, 0) is 43.2 Å². The summed E-state index contributed by atoms with van der Waals surface area (Å²) in [6.07, 6.45) is 2.41. The van der Waals surface area contributed by atoms with E-state index in [4.69, 9.17) is 9.84 Å². The molecule has 2 heterocycles. The van der Waals surface area contributed by atoms with Crippen molar-refractivity contribution >= 4 is 17.5 Å². The van der Waals surface area contributed by atoms with E-state index in [1.54, 1.807) is 22.7 Å². The zero-order chi connectivity index (χ0) is 19.4. The second-order valence-corrected chi connectivity index (χ2v) is 5.94. The number of ether oxygens (including phenoxy) is 1. The van der Waals surface area contributed by atoms with E-state index in [9.17, 15) is 9.59 Å². The minimum Gasteiger partial charge on any atom is -0.490 e.